The molecule has 10 heteroatoms. The van der Waals surface area contributed by atoms with Gasteiger partial charge in [0.05, 0.1) is 11.0 Å². The van der Waals surface area contributed by atoms with Crippen molar-refractivity contribution in [2.24, 2.45) is 0 Å². The molecular formula is C31H48N2O7S. The van der Waals surface area contributed by atoms with Crippen molar-refractivity contribution in [3.05, 3.63) is 59.2 Å². The number of esters is 1. The summed E-state index contributed by atoms with van der Waals surface area (Å²) in [5.74, 6) is -0.395. The molecule has 0 fully saturated rings. The third-order valence-electron chi connectivity index (χ3n) is 6.30. The number of sulfonamides is 1. The summed E-state index contributed by atoms with van der Waals surface area (Å²) in [5, 5.41) is 23.6. The molecule has 2 aromatic rings. The average Bonchev–Trinajstić information content (AvgIpc) is 2.89. The molecule has 230 valence electrons. The van der Waals surface area contributed by atoms with Crippen molar-refractivity contribution in [2.75, 3.05) is 26.3 Å². The van der Waals surface area contributed by atoms with Crippen LogP contribution in [0.3, 0.4) is 0 Å². The Bertz CT molecular complexity index is 1180. The van der Waals surface area contributed by atoms with Gasteiger partial charge in [0.2, 0.25) is 10.0 Å². The molecule has 4 N–H and O–H groups in total. The Morgan fingerprint density at radius 3 is 2.39 bits per heavy atom. The zero-order chi connectivity index (χ0) is 30.3. The number of aliphatic hydroxyl groups is 1. The molecule has 0 heterocycles. The van der Waals surface area contributed by atoms with Gasteiger partial charge < -0.3 is 25.0 Å². The van der Waals surface area contributed by atoms with E-state index in [1.54, 1.807) is 30.3 Å². The summed E-state index contributed by atoms with van der Waals surface area (Å²) in [6.07, 6.45) is 6.10. The molecule has 2 aromatic carbocycles. The van der Waals surface area contributed by atoms with Gasteiger partial charge in [-0.25, -0.2) is 13.1 Å². The molecule has 0 spiro atoms. The highest BCUT2D eigenvalue weighted by Gasteiger charge is 2.22. The van der Waals surface area contributed by atoms with E-state index in [2.05, 4.69) is 10.0 Å². The number of phenols is 1. The minimum absolute atomic E-state index is 0.0301. The predicted octanol–water partition coefficient (Wildman–Crippen LogP) is 4.76. The van der Waals surface area contributed by atoms with Gasteiger partial charge in [-0.05, 0) is 94.8 Å². The Balaban J connectivity index is 1.50. The van der Waals surface area contributed by atoms with Gasteiger partial charge in [-0.3, -0.25) is 4.79 Å². The van der Waals surface area contributed by atoms with Crippen LogP contribution in [-0.4, -0.2) is 56.4 Å². The zero-order valence-electron chi connectivity index (χ0n) is 24.9. The maximum atomic E-state index is 12.5. The summed E-state index contributed by atoms with van der Waals surface area (Å²) < 4.78 is 38.5. The van der Waals surface area contributed by atoms with Crippen LogP contribution in [0.4, 0.5) is 0 Å². The van der Waals surface area contributed by atoms with Crippen LogP contribution < -0.4 is 10.0 Å². The highest BCUT2D eigenvalue weighted by atomic mass is 32.2. The van der Waals surface area contributed by atoms with E-state index in [9.17, 15) is 23.4 Å². The van der Waals surface area contributed by atoms with Crippen molar-refractivity contribution in [3.8, 4) is 5.75 Å². The lowest BCUT2D eigenvalue weighted by Crippen LogP contribution is -2.40. The molecular weight excluding hydrogens is 544 g/mol. The third kappa shape index (κ3) is 14.3. The minimum Gasteiger partial charge on any atom is -0.508 e. The molecule has 0 amide bonds. The van der Waals surface area contributed by atoms with Crippen LogP contribution in [-0.2, 0) is 37.3 Å². The van der Waals surface area contributed by atoms with Gasteiger partial charge in [-0.2, -0.15) is 0 Å². The first-order valence-corrected chi connectivity index (χ1v) is 15.9. The molecule has 0 unspecified atom stereocenters. The fourth-order valence-corrected chi connectivity index (χ4v) is 5.73. The van der Waals surface area contributed by atoms with Crippen molar-refractivity contribution in [2.45, 2.75) is 95.8 Å². The van der Waals surface area contributed by atoms with E-state index in [0.717, 1.165) is 63.7 Å². The number of nitrogens with one attached hydrogen (secondary N) is 2. The SMILES string of the molecule is CC(=O)OCc1cc([C@@H](O)CNCCCCCCOCCCCc2cccc(S(=O)(=O)NC(C)(C)C)c2)ccc1O. The number of aromatic hydroxyl groups is 1. The molecule has 0 bridgehead atoms. The molecule has 0 radical (unpaired) electrons. The van der Waals surface area contributed by atoms with Gasteiger partial charge in [-0.15, -0.1) is 0 Å². The number of carbonyl (C=O) groups excluding carboxylic acids is 1. The molecule has 0 aromatic heterocycles. The maximum absolute atomic E-state index is 12.5. The van der Waals surface area contributed by atoms with E-state index in [4.69, 9.17) is 9.47 Å². The number of ether oxygens (including phenoxy) is 2. The summed E-state index contributed by atoms with van der Waals surface area (Å²) >= 11 is 0. The fraction of sp³-hybridized carbons (Fsp3) is 0.581. The van der Waals surface area contributed by atoms with E-state index >= 15 is 0 Å². The molecule has 0 saturated heterocycles. The number of rotatable bonds is 19. The van der Waals surface area contributed by atoms with Gasteiger partial charge in [0.25, 0.3) is 0 Å². The van der Waals surface area contributed by atoms with Crippen LogP contribution in [0.5, 0.6) is 5.75 Å². The lowest BCUT2D eigenvalue weighted by molar-refractivity contribution is -0.142. The number of aryl methyl sites for hydroxylation is 1. The molecule has 0 aliphatic rings. The van der Waals surface area contributed by atoms with Crippen LogP contribution in [0.25, 0.3) is 0 Å². The largest absolute Gasteiger partial charge is 0.508 e. The summed E-state index contributed by atoms with van der Waals surface area (Å²) in [6, 6.07) is 12.0. The van der Waals surface area contributed by atoms with Crippen molar-refractivity contribution in [3.63, 3.8) is 0 Å². The van der Waals surface area contributed by atoms with E-state index in [1.807, 2.05) is 26.8 Å². The van der Waals surface area contributed by atoms with E-state index in [0.29, 0.717) is 29.2 Å². The standard InChI is InChI=1S/C31H48N2O7S/c1-24(34)40-23-27-21-26(15-16-29(27)35)30(36)22-32-17-8-5-6-9-18-39-19-10-7-12-25-13-11-14-28(20-25)41(37,38)33-31(2,3)4/h11,13-16,20-21,30,32-33,35-36H,5-10,12,17-19,22-23H2,1-4H3/t30-/m0/s1. The number of phenolic OH excluding ortho intramolecular Hbond substituents is 1. The van der Waals surface area contributed by atoms with Gasteiger partial charge in [0, 0.05) is 37.8 Å². The normalized spacial score (nSPS) is 12.8. The zero-order valence-corrected chi connectivity index (χ0v) is 25.8. The third-order valence-corrected chi connectivity index (χ3v) is 8.06. The molecule has 0 saturated carbocycles. The predicted molar refractivity (Wildman–Crippen MR) is 160 cm³/mol. The first kappa shape index (κ1) is 34.7. The van der Waals surface area contributed by atoms with Crippen LogP contribution in [0.15, 0.2) is 47.4 Å². The number of aliphatic hydroxyl groups excluding tert-OH is 1. The number of hydrogen-bond acceptors (Lipinski definition) is 8. The Kier molecular flexibility index (Phi) is 14.8. The molecule has 2 rings (SSSR count). The van der Waals surface area contributed by atoms with E-state index in [-0.39, 0.29) is 12.4 Å². The van der Waals surface area contributed by atoms with Gasteiger partial charge >= 0.3 is 5.97 Å². The number of unbranched alkanes of at least 4 members (excludes halogenated alkanes) is 4. The van der Waals surface area contributed by atoms with Crippen LogP contribution in [0.1, 0.15) is 89.0 Å². The monoisotopic (exact) mass is 592 g/mol. The lowest BCUT2D eigenvalue weighted by Gasteiger charge is -2.20. The highest BCUT2D eigenvalue weighted by molar-refractivity contribution is 7.89. The Morgan fingerprint density at radius 2 is 1.68 bits per heavy atom. The molecule has 0 aliphatic carbocycles. The second kappa shape index (κ2) is 17.5. The molecule has 1 atom stereocenters. The number of benzene rings is 2. The highest BCUT2D eigenvalue weighted by Crippen LogP contribution is 2.23. The number of carbonyl (C=O) groups is 1. The molecule has 9 nitrogen and oxygen atoms in total. The molecule has 41 heavy (non-hydrogen) atoms. The molecule has 0 aliphatic heterocycles. The van der Waals surface area contributed by atoms with E-state index in [1.165, 1.54) is 13.0 Å². The Hall–Kier alpha value is -2.50. The van der Waals surface area contributed by atoms with E-state index < -0.39 is 27.6 Å². The fourth-order valence-electron chi connectivity index (χ4n) is 4.24. The second-order valence-electron chi connectivity index (χ2n) is 11.4. The van der Waals surface area contributed by atoms with Crippen molar-refractivity contribution in [1.82, 2.24) is 10.0 Å². The van der Waals surface area contributed by atoms with Gasteiger partial charge in [-0.1, -0.05) is 31.0 Å². The number of hydrogen-bond donors (Lipinski definition) is 4. The lowest BCUT2D eigenvalue weighted by atomic mass is 10.1. The first-order valence-electron chi connectivity index (χ1n) is 14.4. The topological polar surface area (TPSA) is 134 Å². The Labute approximate surface area is 245 Å². The first-order chi connectivity index (χ1) is 19.4. The summed E-state index contributed by atoms with van der Waals surface area (Å²) in [4.78, 5) is 11.3. The minimum atomic E-state index is -3.53. The van der Waals surface area contributed by atoms with Crippen LogP contribution in [0.2, 0.25) is 0 Å². The van der Waals surface area contributed by atoms with Crippen molar-refractivity contribution >= 4 is 16.0 Å². The van der Waals surface area contributed by atoms with Crippen LogP contribution in [0, 0.1) is 0 Å². The second-order valence-corrected chi connectivity index (χ2v) is 13.1. The average molecular weight is 593 g/mol. The Morgan fingerprint density at radius 1 is 0.976 bits per heavy atom. The summed E-state index contributed by atoms with van der Waals surface area (Å²) in [6.45, 7) is 9.38. The summed E-state index contributed by atoms with van der Waals surface area (Å²) in [7, 11) is -3.53. The quantitative estimate of drug-likeness (QED) is 0.136. The van der Waals surface area contributed by atoms with Crippen LogP contribution >= 0.6 is 0 Å². The van der Waals surface area contributed by atoms with Crippen molar-refractivity contribution < 1.29 is 32.9 Å². The summed E-state index contributed by atoms with van der Waals surface area (Å²) in [5.41, 5.74) is 1.61. The smallest absolute Gasteiger partial charge is 0.302 e. The van der Waals surface area contributed by atoms with Gasteiger partial charge in [0.1, 0.15) is 12.4 Å². The maximum Gasteiger partial charge on any atom is 0.302 e. The van der Waals surface area contributed by atoms with Gasteiger partial charge in [0.15, 0.2) is 0 Å². The van der Waals surface area contributed by atoms with Crippen molar-refractivity contribution in [1.29, 1.82) is 0 Å².